The second-order valence-corrected chi connectivity index (χ2v) is 4.20. The van der Waals surface area contributed by atoms with Gasteiger partial charge in [0, 0.05) is 17.5 Å². The molecule has 3 nitrogen and oxygen atoms in total. The molecule has 0 saturated carbocycles. The molecule has 0 radical (unpaired) electrons. The van der Waals surface area contributed by atoms with Gasteiger partial charge in [0.15, 0.2) is 0 Å². The maximum Gasteiger partial charge on any atom is 0.148 e. The molecule has 1 aromatic heterocycles. The van der Waals surface area contributed by atoms with Crippen LogP contribution in [0.25, 0.3) is 10.8 Å². The lowest BCUT2D eigenvalue weighted by atomic mass is 10.0. The highest BCUT2D eigenvalue weighted by Crippen LogP contribution is 2.40. The van der Waals surface area contributed by atoms with Gasteiger partial charge >= 0.3 is 0 Å². The molecule has 1 aliphatic rings. The van der Waals surface area contributed by atoms with Crippen molar-refractivity contribution in [3.05, 3.63) is 29.6 Å². The van der Waals surface area contributed by atoms with Gasteiger partial charge in [-0.15, -0.1) is 0 Å². The lowest BCUT2D eigenvalue weighted by Crippen LogP contribution is -1.95. The van der Waals surface area contributed by atoms with Crippen molar-refractivity contribution in [2.75, 3.05) is 13.7 Å². The number of pyridine rings is 1. The third-order valence-electron chi connectivity index (χ3n) is 3.31. The number of methoxy groups -OCH3 is 1. The largest absolute Gasteiger partial charge is 0.494 e. The monoisotopic (exact) mass is 229 g/mol. The van der Waals surface area contributed by atoms with Crippen LogP contribution in [0.4, 0.5) is 0 Å². The van der Waals surface area contributed by atoms with Crippen LogP contribution in [0.1, 0.15) is 18.2 Å². The lowest BCUT2D eigenvalue weighted by molar-refractivity contribution is 0.358. The molecule has 88 valence electrons. The molecule has 17 heavy (non-hydrogen) atoms. The Hall–Kier alpha value is -1.77. The molecule has 2 aromatic rings. The number of ether oxygens (including phenoxy) is 2. The molecule has 0 atom stereocenters. The number of rotatable bonds is 2. The van der Waals surface area contributed by atoms with Crippen molar-refractivity contribution in [1.29, 1.82) is 0 Å². The van der Waals surface area contributed by atoms with Gasteiger partial charge in [-0.2, -0.15) is 0 Å². The minimum Gasteiger partial charge on any atom is -0.494 e. The van der Waals surface area contributed by atoms with Crippen molar-refractivity contribution in [3.8, 4) is 11.5 Å². The van der Waals surface area contributed by atoms with Crippen LogP contribution >= 0.6 is 0 Å². The first-order valence-electron chi connectivity index (χ1n) is 5.95. The zero-order chi connectivity index (χ0) is 11.8. The minimum absolute atomic E-state index is 0.765. The van der Waals surface area contributed by atoms with Crippen molar-refractivity contribution in [2.45, 2.75) is 19.8 Å². The number of fused-ring (bicyclic) bond motifs is 3. The molecule has 0 spiro atoms. The van der Waals surface area contributed by atoms with Crippen LogP contribution in [0.15, 0.2) is 18.3 Å². The van der Waals surface area contributed by atoms with Crippen LogP contribution in [0.3, 0.4) is 0 Å². The van der Waals surface area contributed by atoms with Gasteiger partial charge in [-0.05, 0) is 12.0 Å². The minimum atomic E-state index is 0.765. The van der Waals surface area contributed by atoms with Crippen LogP contribution < -0.4 is 9.47 Å². The van der Waals surface area contributed by atoms with Crippen molar-refractivity contribution in [1.82, 2.24) is 4.98 Å². The first kappa shape index (κ1) is 10.4. The fraction of sp³-hybridized carbons (Fsp3) is 0.357. The van der Waals surface area contributed by atoms with E-state index in [0.29, 0.717) is 0 Å². The molecule has 0 N–H and O–H groups in total. The highest BCUT2D eigenvalue weighted by atomic mass is 16.5. The van der Waals surface area contributed by atoms with Gasteiger partial charge < -0.3 is 9.47 Å². The van der Waals surface area contributed by atoms with E-state index in [2.05, 4.69) is 24.0 Å². The Kier molecular flexibility index (Phi) is 2.39. The van der Waals surface area contributed by atoms with E-state index in [1.165, 1.54) is 5.56 Å². The van der Waals surface area contributed by atoms with E-state index in [4.69, 9.17) is 9.47 Å². The van der Waals surface area contributed by atoms with Gasteiger partial charge in [-0.25, -0.2) is 0 Å². The van der Waals surface area contributed by atoms with Crippen molar-refractivity contribution in [3.63, 3.8) is 0 Å². The lowest BCUT2D eigenvalue weighted by Gasteiger charge is -2.11. The second-order valence-electron chi connectivity index (χ2n) is 4.20. The quantitative estimate of drug-likeness (QED) is 0.793. The van der Waals surface area contributed by atoms with Gasteiger partial charge in [0.05, 0.1) is 25.3 Å². The second kappa shape index (κ2) is 3.91. The summed E-state index contributed by atoms with van der Waals surface area (Å²) in [5, 5.41) is 2.22. The maximum atomic E-state index is 5.75. The Morgan fingerprint density at radius 1 is 1.41 bits per heavy atom. The summed E-state index contributed by atoms with van der Waals surface area (Å²) in [6.45, 7) is 2.88. The number of aryl methyl sites for hydroxylation is 1. The Bertz CT molecular complexity index is 578. The molecule has 0 aliphatic carbocycles. The molecule has 0 unspecified atom stereocenters. The van der Waals surface area contributed by atoms with Gasteiger partial charge in [-0.3, -0.25) is 4.98 Å². The van der Waals surface area contributed by atoms with Crippen LogP contribution in [0, 0.1) is 0 Å². The highest BCUT2D eigenvalue weighted by molar-refractivity contribution is 5.96. The summed E-state index contributed by atoms with van der Waals surface area (Å²) in [5.74, 6) is 1.78. The molecule has 0 bridgehead atoms. The van der Waals surface area contributed by atoms with Gasteiger partial charge in [0.2, 0.25) is 0 Å². The van der Waals surface area contributed by atoms with Crippen LogP contribution in [-0.2, 0) is 12.8 Å². The van der Waals surface area contributed by atoms with E-state index < -0.39 is 0 Å². The standard InChI is InChI=1S/C14H15NO2/c1-3-11-10-5-4-9-6-7-17-14(9)13(10)12(16-2)8-15-11/h4-5,8H,3,6-7H2,1-2H3. The first-order chi connectivity index (χ1) is 8.35. The summed E-state index contributed by atoms with van der Waals surface area (Å²) in [6.07, 6.45) is 3.70. The average Bonchev–Trinajstić information content (AvgIpc) is 2.85. The van der Waals surface area contributed by atoms with Crippen molar-refractivity contribution >= 4 is 10.8 Å². The third-order valence-corrected chi connectivity index (χ3v) is 3.31. The highest BCUT2D eigenvalue weighted by Gasteiger charge is 2.19. The van der Waals surface area contributed by atoms with E-state index in [0.717, 1.165) is 47.4 Å². The molecular weight excluding hydrogens is 214 g/mol. The van der Waals surface area contributed by atoms with E-state index >= 15 is 0 Å². The molecular formula is C14H15NO2. The third kappa shape index (κ3) is 1.46. The Morgan fingerprint density at radius 2 is 2.29 bits per heavy atom. The smallest absolute Gasteiger partial charge is 0.148 e. The summed E-state index contributed by atoms with van der Waals surface area (Å²) in [4.78, 5) is 4.44. The molecule has 0 amide bonds. The van der Waals surface area contributed by atoms with E-state index in [1.54, 1.807) is 13.3 Å². The number of benzene rings is 1. The summed E-state index contributed by atoms with van der Waals surface area (Å²) in [7, 11) is 1.68. The Labute approximate surface area is 100 Å². The predicted octanol–water partition coefficient (Wildman–Crippen LogP) is 2.74. The molecule has 0 fully saturated rings. The van der Waals surface area contributed by atoms with E-state index in [9.17, 15) is 0 Å². The van der Waals surface area contributed by atoms with Crippen molar-refractivity contribution < 1.29 is 9.47 Å². The average molecular weight is 229 g/mol. The summed E-state index contributed by atoms with van der Waals surface area (Å²) < 4.78 is 11.2. The van der Waals surface area contributed by atoms with Crippen LogP contribution in [0.2, 0.25) is 0 Å². The molecule has 1 aliphatic heterocycles. The van der Waals surface area contributed by atoms with Gasteiger partial charge in [-0.1, -0.05) is 19.1 Å². The van der Waals surface area contributed by atoms with E-state index in [1.807, 2.05) is 0 Å². The Morgan fingerprint density at radius 3 is 3.06 bits per heavy atom. The maximum absolute atomic E-state index is 5.75. The Balaban J connectivity index is 2.40. The van der Waals surface area contributed by atoms with Crippen LogP contribution in [0.5, 0.6) is 11.5 Å². The number of hydrogen-bond acceptors (Lipinski definition) is 3. The van der Waals surface area contributed by atoms with E-state index in [-0.39, 0.29) is 0 Å². The van der Waals surface area contributed by atoms with Crippen molar-refractivity contribution in [2.24, 2.45) is 0 Å². The fourth-order valence-corrected chi connectivity index (χ4v) is 2.44. The van der Waals surface area contributed by atoms with Crippen LogP contribution in [-0.4, -0.2) is 18.7 Å². The number of hydrogen-bond donors (Lipinski definition) is 0. The zero-order valence-electron chi connectivity index (χ0n) is 10.1. The van der Waals surface area contributed by atoms with Gasteiger partial charge in [0.1, 0.15) is 11.5 Å². The predicted molar refractivity (Wildman–Crippen MR) is 66.9 cm³/mol. The summed E-state index contributed by atoms with van der Waals surface area (Å²) in [5.41, 5.74) is 2.36. The molecule has 1 aromatic carbocycles. The first-order valence-corrected chi connectivity index (χ1v) is 5.95. The number of nitrogens with zero attached hydrogens (tertiary/aromatic N) is 1. The topological polar surface area (TPSA) is 31.4 Å². The molecule has 0 saturated heterocycles. The summed E-state index contributed by atoms with van der Waals surface area (Å²) in [6, 6.07) is 4.28. The van der Waals surface area contributed by atoms with Gasteiger partial charge in [0.25, 0.3) is 0 Å². The SMILES string of the molecule is CCc1ncc(OC)c2c3c(ccc12)CCO3. The normalized spacial score (nSPS) is 13.5. The molecule has 3 heteroatoms. The fourth-order valence-electron chi connectivity index (χ4n) is 2.44. The summed E-state index contributed by atoms with van der Waals surface area (Å²) >= 11 is 0. The number of aromatic nitrogens is 1. The zero-order valence-corrected chi connectivity index (χ0v) is 10.1. The molecule has 2 heterocycles. The molecule has 3 rings (SSSR count).